The Morgan fingerprint density at radius 3 is 2.89 bits per heavy atom. The number of thioether (sulfide) groups is 1. The van der Waals surface area contributed by atoms with Crippen molar-refractivity contribution in [2.75, 3.05) is 5.73 Å². The lowest BCUT2D eigenvalue weighted by Gasteiger charge is -2.08. The Balaban J connectivity index is 2.00. The van der Waals surface area contributed by atoms with E-state index in [9.17, 15) is 0 Å². The minimum absolute atomic E-state index is 0.460. The third-order valence-corrected chi connectivity index (χ3v) is 5.06. The van der Waals surface area contributed by atoms with E-state index in [1.807, 2.05) is 22.9 Å². The van der Waals surface area contributed by atoms with Crippen LogP contribution in [-0.4, -0.2) is 9.78 Å². The summed E-state index contributed by atoms with van der Waals surface area (Å²) in [6.07, 6.45) is 3.15. The van der Waals surface area contributed by atoms with E-state index in [1.165, 1.54) is 4.90 Å². The summed E-state index contributed by atoms with van der Waals surface area (Å²) in [5, 5.41) is 4.60. The van der Waals surface area contributed by atoms with Crippen molar-refractivity contribution in [2.24, 2.45) is 0 Å². The van der Waals surface area contributed by atoms with E-state index < -0.39 is 0 Å². The second-order valence-corrected chi connectivity index (χ2v) is 6.39. The van der Waals surface area contributed by atoms with Crippen LogP contribution in [0, 0.1) is 0 Å². The number of hydrogen-bond donors (Lipinski definition) is 1. The molecule has 2 aromatic rings. The number of benzene rings is 1. The maximum atomic E-state index is 5.73. The predicted molar refractivity (Wildman–Crippen MR) is 85.3 cm³/mol. The van der Waals surface area contributed by atoms with Gasteiger partial charge in [0, 0.05) is 33.0 Å². The minimum Gasteiger partial charge on any atom is -0.399 e. The summed E-state index contributed by atoms with van der Waals surface area (Å²) in [6, 6.07) is 8.44. The highest BCUT2D eigenvalue weighted by molar-refractivity contribution is 9.10. The monoisotopic (exact) mass is 339 g/mol. The van der Waals surface area contributed by atoms with E-state index in [0.29, 0.717) is 6.04 Å². The normalized spacial score (nSPS) is 12.6. The molecule has 1 heterocycles. The van der Waals surface area contributed by atoms with Gasteiger partial charge < -0.3 is 5.73 Å². The fraction of sp³-hybridized carbons (Fsp3) is 0.357. The van der Waals surface area contributed by atoms with Crippen LogP contribution in [0.2, 0.25) is 0 Å². The van der Waals surface area contributed by atoms with Crippen molar-refractivity contribution in [1.29, 1.82) is 0 Å². The average molecular weight is 340 g/mol. The number of aromatic nitrogens is 2. The zero-order chi connectivity index (χ0) is 13.8. The molecule has 0 amide bonds. The van der Waals surface area contributed by atoms with Gasteiger partial charge in [-0.05, 0) is 53.5 Å². The summed E-state index contributed by atoms with van der Waals surface area (Å²) in [5.41, 5.74) is 7.61. The maximum absolute atomic E-state index is 5.73. The van der Waals surface area contributed by atoms with Crippen LogP contribution in [0.3, 0.4) is 0 Å². The van der Waals surface area contributed by atoms with Crippen LogP contribution in [0.15, 0.2) is 39.8 Å². The second kappa shape index (κ2) is 6.48. The molecule has 1 aromatic heterocycles. The summed E-state index contributed by atoms with van der Waals surface area (Å²) in [7, 11) is 0. The minimum atomic E-state index is 0.460. The molecule has 1 unspecified atom stereocenters. The first-order chi connectivity index (χ1) is 9.10. The molecule has 0 aliphatic rings. The van der Waals surface area contributed by atoms with Gasteiger partial charge in [0.25, 0.3) is 0 Å². The molecule has 0 aliphatic heterocycles. The molecule has 0 aliphatic carbocycles. The fourth-order valence-corrected chi connectivity index (χ4v) is 3.23. The number of nitrogens with zero attached hydrogens (tertiary/aromatic N) is 2. The predicted octanol–water partition coefficient (Wildman–Crippen LogP) is 4.49. The zero-order valence-corrected chi connectivity index (χ0v) is 13.5. The number of nitrogen functional groups attached to an aromatic ring is 1. The molecule has 19 heavy (non-hydrogen) atoms. The molecule has 0 saturated carbocycles. The molecule has 0 bridgehead atoms. The first kappa shape index (κ1) is 14.5. The topological polar surface area (TPSA) is 43.8 Å². The number of anilines is 1. The van der Waals surface area contributed by atoms with Crippen molar-refractivity contribution in [3.05, 3.63) is 40.6 Å². The smallest absolute Gasteiger partial charge is 0.0727 e. The first-order valence-electron chi connectivity index (χ1n) is 6.32. The molecule has 0 radical (unpaired) electrons. The molecular formula is C14H18BrN3S. The van der Waals surface area contributed by atoms with Crippen molar-refractivity contribution in [3.8, 4) is 0 Å². The summed E-state index contributed by atoms with van der Waals surface area (Å²) >= 11 is 5.30. The average Bonchev–Trinajstić information content (AvgIpc) is 2.85. The lowest BCUT2D eigenvalue weighted by molar-refractivity contribution is 0.475. The van der Waals surface area contributed by atoms with Crippen LogP contribution in [-0.2, 0) is 5.75 Å². The van der Waals surface area contributed by atoms with E-state index in [0.717, 1.165) is 28.0 Å². The summed E-state index contributed by atoms with van der Waals surface area (Å²) in [6.45, 7) is 4.35. The second-order valence-electron chi connectivity index (χ2n) is 4.52. The van der Waals surface area contributed by atoms with Gasteiger partial charge in [-0.2, -0.15) is 5.10 Å². The lowest BCUT2D eigenvalue weighted by atomic mass is 10.3. The van der Waals surface area contributed by atoms with Gasteiger partial charge in [0.15, 0.2) is 0 Å². The number of rotatable bonds is 5. The zero-order valence-electron chi connectivity index (χ0n) is 11.1. The first-order valence-corrected chi connectivity index (χ1v) is 8.10. The molecule has 1 atom stereocenters. The number of hydrogen-bond acceptors (Lipinski definition) is 3. The third kappa shape index (κ3) is 3.76. The SMILES string of the molecule is CCC(C)n1ccc(CSc2ccc(N)cc2Br)n1. The van der Waals surface area contributed by atoms with Crippen LogP contribution < -0.4 is 5.73 Å². The molecule has 102 valence electrons. The Labute approximate surface area is 126 Å². The van der Waals surface area contributed by atoms with Gasteiger partial charge in [-0.3, -0.25) is 4.68 Å². The molecule has 0 fully saturated rings. The van der Waals surface area contributed by atoms with Gasteiger partial charge in [-0.1, -0.05) is 6.92 Å². The summed E-state index contributed by atoms with van der Waals surface area (Å²) < 4.78 is 3.08. The molecule has 2 rings (SSSR count). The van der Waals surface area contributed by atoms with E-state index in [1.54, 1.807) is 11.8 Å². The van der Waals surface area contributed by atoms with Gasteiger partial charge in [0.2, 0.25) is 0 Å². The maximum Gasteiger partial charge on any atom is 0.0727 e. The highest BCUT2D eigenvalue weighted by atomic mass is 79.9. The Morgan fingerprint density at radius 2 is 2.21 bits per heavy atom. The van der Waals surface area contributed by atoms with E-state index >= 15 is 0 Å². The van der Waals surface area contributed by atoms with Crippen LogP contribution in [0.25, 0.3) is 0 Å². The van der Waals surface area contributed by atoms with Gasteiger partial charge in [0.05, 0.1) is 5.69 Å². The van der Waals surface area contributed by atoms with Crippen molar-refractivity contribution in [2.45, 2.75) is 37.0 Å². The van der Waals surface area contributed by atoms with Crippen molar-refractivity contribution < 1.29 is 0 Å². The van der Waals surface area contributed by atoms with Crippen LogP contribution in [0.1, 0.15) is 32.0 Å². The largest absolute Gasteiger partial charge is 0.399 e. The molecule has 0 saturated heterocycles. The van der Waals surface area contributed by atoms with E-state index in [4.69, 9.17) is 5.73 Å². The third-order valence-electron chi connectivity index (χ3n) is 3.04. The van der Waals surface area contributed by atoms with Crippen LogP contribution >= 0.6 is 27.7 Å². The van der Waals surface area contributed by atoms with Crippen molar-refractivity contribution in [1.82, 2.24) is 9.78 Å². The van der Waals surface area contributed by atoms with Crippen molar-refractivity contribution >= 4 is 33.4 Å². The highest BCUT2D eigenvalue weighted by Gasteiger charge is 2.06. The summed E-state index contributed by atoms with van der Waals surface area (Å²) in [4.78, 5) is 1.19. The quantitative estimate of drug-likeness (QED) is 0.644. The van der Waals surface area contributed by atoms with Gasteiger partial charge in [0.1, 0.15) is 0 Å². The fourth-order valence-electron chi connectivity index (χ4n) is 1.67. The molecule has 1 aromatic carbocycles. The lowest BCUT2D eigenvalue weighted by Crippen LogP contribution is -2.04. The Hall–Kier alpha value is -0.940. The molecule has 0 spiro atoms. The van der Waals surface area contributed by atoms with Crippen LogP contribution in [0.4, 0.5) is 5.69 Å². The number of nitrogens with two attached hydrogens (primary N) is 1. The van der Waals surface area contributed by atoms with Crippen LogP contribution in [0.5, 0.6) is 0 Å². The highest BCUT2D eigenvalue weighted by Crippen LogP contribution is 2.31. The van der Waals surface area contributed by atoms with Crippen molar-refractivity contribution in [3.63, 3.8) is 0 Å². The van der Waals surface area contributed by atoms with Gasteiger partial charge in [-0.25, -0.2) is 0 Å². The van der Waals surface area contributed by atoms with E-state index in [2.05, 4.69) is 47.1 Å². The molecule has 3 nitrogen and oxygen atoms in total. The van der Waals surface area contributed by atoms with Gasteiger partial charge in [-0.15, -0.1) is 11.8 Å². The summed E-state index contributed by atoms with van der Waals surface area (Å²) in [5.74, 6) is 0.867. The molecular weight excluding hydrogens is 322 g/mol. The number of halogens is 1. The molecule has 5 heteroatoms. The van der Waals surface area contributed by atoms with E-state index in [-0.39, 0.29) is 0 Å². The Kier molecular flexibility index (Phi) is 4.93. The molecule has 2 N–H and O–H groups in total. The van der Waals surface area contributed by atoms with Gasteiger partial charge >= 0.3 is 0 Å². The Morgan fingerprint density at radius 1 is 1.42 bits per heavy atom. The Bertz CT molecular complexity index is 553. The standard InChI is InChI=1S/C14H18BrN3S/c1-3-10(2)18-7-6-12(17-18)9-19-14-5-4-11(16)8-13(14)15/h4-8,10H,3,9,16H2,1-2H3.